The summed E-state index contributed by atoms with van der Waals surface area (Å²) in [6.45, 7) is 4.01. The molecule has 0 fully saturated rings. The lowest BCUT2D eigenvalue weighted by Crippen LogP contribution is -2.20. The maximum Gasteiger partial charge on any atom is 0.227 e. The first-order chi connectivity index (χ1) is 9.61. The minimum atomic E-state index is 0.141. The molecule has 2 aromatic rings. The molecular formula is C15H16N4O. The molecule has 1 aliphatic rings. The number of nitrogens with one attached hydrogen (secondary N) is 1. The Bertz CT molecular complexity index is 651. The molecule has 20 heavy (non-hydrogen) atoms. The zero-order chi connectivity index (χ0) is 14.1. The first kappa shape index (κ1) is 12.7. The van der Waals surface area contributed by atoms with E-state index in [0.717, 1.165) is 23.5 Å². The van der Waals surface area contributed by atoms with Crippen molar-refractivity contribution in [2.24, 2.45) is 5.92 Å². The fourth-order valence-corrected chi connectivity index (χ4v) is 2.37. The number of fused-ring (bicyclic) bond motifs is 1. The topological polar surface area (TPSA) is 67.8 Å². The third-order valence-corrected chi connectivity index (χ3v) is 3.41. The Morgan fingerprint density at radius 3 is 2.80 bits per heavy atom. The molecule has 5 nitrogen and oxygen atoms in total. The molecule has 0 amide bonds. The number of ketones is 1. The normalized spacial score (nSPS) is 17.7. The zero-order valence-electron chi connectivity index (χ0n) is 11.6. The highest BCUT2D eigenvalue weighted by atomic mass is 16.1. The lowest BCUT2D eigenvalue weighted by atomic mass is 9.88. The summed E-state index contributed by atoms with van der Waals surface area (Å²) in [5, 5.41) is 3.11. The van der Waals surface area contributed by atoms with Crippen LogP contribution in [-0.4, -0.2) is 20.7 Å². The number of Topliss-reactive ketones (excluding diaryl/α,β-unsaturated/α-hetero) is 1. The second-order valence-electron chi connectivity index (χ2n) is 5.30. The van der Waals surface area contributed by atoms with Crippen LogP contribution in [0.15, 0.2) is 24.5 Å². The first-order valence-corrected chi connectivity index (χ1v) is 6.70. The Labute approximate surface area is 117 Å². The molecule has 0 aliphatic heterocycles. The molecule has 1 atom stereocenters. The summed E-state index contributed by atoms with van der Waals surface area (Å²) in [6.07, 6.45) is 4.78. The first-order valence-electron chi connectivity index (χ1n) is 6.70. The molecule has 1 aliphatic carbocycles. The van der Waals surface area contributed by atoms with Gasteiger partial charge in [0.15, 0.2) is 5.78 Å². The summed E-state index contributed by atoms with van der Waals surface area (Å²) >= 11 is 0. The van der Waals surface area contributed by atoms with E-state index in [1.165, 1.54) is 0 Å². The largest absolute Gasteiger partial charge is 0.323 e. The molecule has 2 heterocycles. The van der Waals surface area contributed by atoms with Crippen LogP contribution in [0.25, 0.3) is 0 Å². The molecule has 0 bridgehead atoms. The highest BCUT2D eigenvalue weighted by Gasteiger charge is 2.24. The van der Waals surface area contributed by atoms with Crippen LogP contribution in [0.1, 0.15) is 35.1 Å². The van der Waals surface area contributed by atoms with Gasteiger partial charge in [0.25, 0.3) is 0 Å². The molecule has 3 rings (SSSR count). The highest BCUT2D eigenvalue weighted by Crippen LogP contribution is 2.24. The molecular weight excluding hydrogens is 252 g/mol. The quantitative estimate of drug-likeness (QED) is 0.907. The van der Waals surface area contributed by atoms with Gasteiger partial charge in [-0.05, 0) is 31.4 Å². The number of rotatable bonds is 2. The van der Waals surface area contributed by atoms with Gasteiger partial charge in [0.1, 0.15) is 0 Å². The second-order valence-corrected chi connectivity index (χ2v) is 5.30. The van der Waals surface area contributed by atoms with Crippen molar-refractivity contribution >= 4 is 17.4 Å². The van der Waals surface area contributed by atoms with Gasteiger partial charge in [0.05, 0.1) is 23.1 Å². The number of aryl methyl sites for hydroxylation is 1. The molecule has 0 radical (unpaired) electrons. The van der Waals surface area contributed by atoms with Gasteiger partial charge >= 0.3 is 0 Å². The van der Waals surface area contributed by atoms with Gasteiger partial charge < -0.3 is 5.32 Å². The van der Waals surface area contributed by atoms with Crippen molar-refractivity contribution in [1.29, 1.82) is 0 Å². The van der Waals surface area contributed by atoms with Crippen LogP contribution in [0.2, 0.25) is 0 Å². The Balaban J connectivity index is 1.87. The summed E-state index contributed by atoms with van der Waals surface area (Å²) in [5.74, 6) is 0.998. The fourth-order valence-electron chi connectivity index (χ4n) is 2.37. The highest BCUT2D eigenvalue weighted by molar-refractivity contribution is 5.98. The van der Waals surface area contributed by atoms with Crippen LogP contribution in [0.4, 0.5) is 11.6 Å². The van der Waals surface area contributed by atoms with E-state index in [2.05, 4.69) is 27.2 Å². The summed E-state index contributed by atoms with van der Waals surface area (Å²) in [6, 6.07) is 3.85. The van der Waals surface area contributed by atoms with E-state index in [-0.39, 0.29) is 5.78 Å². The molecule has 0 saturated carbocycles. The zero-order valence-corrected chi connectivity index (χ0v) is 11.6. The Kier molecular flexibility index (Phi) is 3.18. The average Bonchev–Trinajstić information content (AvgIpc) is 2.41. The molecule has 5 heteroatoms. The summed E-state index contributed by atoms with van der Waals surface area (Å²) in [4.78, 5) is 24.8. The van der Waals surface area contributed by atoms with Gasteiger partial charge in [-0.15, -0.1) is 0 Å². The van der Waals surface area contributed by atoms with E-state index in [0.29, 0.717) is 23.9 Å². The third-order valence-electron chi connectivity index (χ3n) is 3.41. The number of hydrogen-bond acceptors (Lipinski definition) is 5. The van der Waals surface area contributed by atoms with Gasteiger partial charge in [-0.25, -0.2) is 9.97 Å². The summed E-state index contributed by atoms with van der Waals surface area (Å²) in [7, 11) is 0. The minimum absolute atomic E-state index is 0.141. The molecule has 1 N–H and O–H groups in total. The van der Waals surface area contributed by atoms with E-state index < -0.39 is 0 Å². The van der Waals surface area contributed by atoms with Gasteiger partial charge in [-0.1, -0.05) is 6.92 Å². The smallest absolute Gasteiger partial charge is 0.227 e. The molecule has 1 unspecified atom stereocenters. The fraction of sp³-hybridized carbons (Fsp3) is 0.333. The summed E-state index contributed by atoms with van der Waals surface area (Å²) in [5.41, 5.74) is 3.30. The van der Waals surface area contributed by atoms with Gasteiger partial charge in [0, 0.05) is 18.3 Å². The van der Waals surface area contributed by atoms with E-state index >= 15 is 0 Å². The minimum Gasteiger partial charge on any atom is -0.323 e. The maximum absolute atomic E-state index is 11.9. The van der Waals surface area contributed by atoms with Crippen LogP contribution in [-0.2, 0) is 6.42 Å². The number of nitrogens with zero attached hydrogens (tertiary/aromatic N) is 3. The SMILES string of the molecule is Cc1ccc(Nc2ncc3c(n2)CC(C)CC3=O)cn1. The number of anilines is 2. The number of pyridine rings is 1. The summed E-state index contributed by atoms with van der Waals surface area (Å²) < 4.78 is 0. The maximum atomic E-state index is 11.9. The van der Waals surface area contributed by atoms with Crippen molar-refractivity contribution < 1.29 is 4.79 Å². The third kappa shape index (κ3) is 2.52. The molecule has 2 aromatic heterocycles. The Hall–Kier alpha value is -2.30. The van der Waals surface area contributed by atoms with E-state index in [4.69, 9.17) is 0 Å². The molecule has 0 saturated heterocycles. The van der Waals surface area contributed by atoms with Crippen molar-refractivity contribution in [3.8, 4) is 0 Å². The lowest BCUT2D eigenvalue weighted by Gasteiger charge is -2.19. The number of aromatic nitrogens is 3. The number of hydrogen-bond donors (Lipinski definition) is 1. The van der Waals surface area contributed by atoms with Crippen LogP contribution < -0.4 is 5.32 Å². The predicted molar refractivity (Wildman–Crippen MR) is 76.1 cm³/mol. The van der Waals surface area contributed by atoms with Crippen molar-refractivity contribution in [3.63, 3.8) is 0 Å². The molecule has 0 aromatic carbocycles. The van der Waals surface area contributed by atoms with Gasteiger partial charge in [-0.2, -0.15) is 0 Å². The van der Waals surface area contributed by atoms with E-state index in [9.17, 15) is 4.79 Å². The van der Waals surface area contributed by atoms with Crippen molar-refractivity contribution in [2.45, 2.75) is 26.7 Å². The van der Waals surface area contributed by atoms with Crippen LogP contribution in [0, 0.1) is 12.8 Å². The monoisotopic (exact) mass is 268 g/mol. The Morgan fingerprint density at radius 1 is 1.20 bits per heavy atom. The predicted octanol–water partition coefficient (Wildman–Crippen LogP) is 2.69. The average molecular weight is 268 g/mol. The molecule has 102 valence electrons. The van der Waals surface area contributed by atoms with Crippen LogP contribution >= 0.6 is 0 Å². The van der Waals surface area contributed by atoms with E-state index in [1.54, 1.807) is 12.4 Å². The number of carbonyl (C=O) groups excluding carboxylic acids is 1. The van der Waals surface area contributed by atoms with Crippen LogP contribution in [0.5, 0.6) is 0 Å². The Morgan fingerprint density at radius 2 is 2.05 bits per heavy atom. The molecule has 0 spiro atoms. The lowest BCUT2D eigenvalue weighted by molar-refractivity contribution is 0.0951. The standard InChI is InChI=1S/C15H16N4O/c1-9-5-13-12(14(20)6-9)8-17-15(19-13)18-11-4-3-10(2)16-7-11/h3-4,7-9H,5-6H2,1-2H3,(H,17,18,19). The van der Waals surface area contributed by atoms with Crippen molar-refractivity contribution in [2.75, 3.05) is 5.32 Å². The van der Waals surface area contributed by atoms with Crippen molar-refractivity contribution in [1.82, 2.24) is 15.0 Å². The second kappa shape index (κ2) is 5.00. The van der Waals surface area contributed by atoms with Gasteiger partial charge in [-0.3, -0.25) is 9.78 Å². The van der Waals surface area contributed by atoms with Crippen molar-refractivity contribution in [3.05, 3.63) is 41.5 Å². The van der Waals surface area contributed by atoms with Crippen LogP contribution in [0.3, 0.4) is 0 Å². The number of carbonyl (C=O) groups is 1. The van der Waals surface area contributed by atoms with Gasteiger partial charge in [0.2, 0.25) is 5.95 Å². The van der Waals surface area contributed by atoms with E-state index in [1.807, 2.05) is 19.1 Å².